The van der Waals surface area contributed by atoms with Gasteiger partial charge >= 0.3 is 0 Å². The molecule has 0 saturated heterocycles. The van der Waals surface area contributed by atoms with Crippen LogP contribution in [-0.4, -0.2) is 49.9 Å². The van der Waals surface area contributed by atoms with Crippen LogP contribution in [0.25, 0.3) is 0 Å². The zero-order chi connectivity index (χ0) is 25.5. The zero-order valence-corrected chi connectivity index (χ0v) is 20.8. The van der Waals surface area contributed by atoms with Crippen molar-refractivity contribution in [2.24, 2.45) is 0 Å². The molecular weight excluding hydrogens is 472 g/mol. The summed E-state index contributed by atoms with van der Waals surface area (Å²) in [6, 6.07) is 10.7. The summed E-state index contributed by atoms with van der Waals surface area (Å²) in [5, 5.41) is 6.76. The number of hydrogen-bond acceptors (Lipinski definition) is 7. The van der Waals surface area contributed by atoms with Crippen LogP contribution in [0.3, 0.4) is 0 Å². The SMILES string of the molecule is Cc1noc(C)c1CN1C(=O)C(C)Oc2ccc(NC(=O)c3ccc(S(=O)(=O)N(C)C)cc3)cc21. The van der Waals surface area contributed by atoms with E-state index in [-0.39, 0.29) is 22.9 Å². The van der Waals surface area contributed by atoms with Gasteiger partial charge in [-0.3, -0.25) is 9.59 Å². The van der Waals surface area contributed by atoms with Gasteiger partial charge in [-0.25, -0.2) is 12.7 Å². The summed E-state index contributed by atoms with van der Waals surface area (Å²) in [5.41, 5.74) is 2.75. The van der Waals surface area contributed by atoms with Crippen LogP contribution in [0.4, 0.5) is 11.4 Å². The second kappa shape index (κ2) is 9.16. The van der Waals surface area contributed by atoms with Gasteiger partial charge in [0.1, 0.15) is 11.5 Å². The van der Waals surface area contributed by atoms with Crippen molar-refractivity contribution in [3.63, 3.8) is 0 Å². The predicted molar refractivity (Wildman–Crippen MR) is 129 cm³/mol. The zero-order valence-electron chi connectivity index (χ0n) is 20.0. The van der Waals surface area contributed by atoms with Crippen LogP contribution < -0.4 is 15.0 Å². The van der Waals surface area contributed by atoms with Crippen molar-refractivity contribution in [2.75, 3.05) is 24.3 Å². The normalized spacial score (nSPS) is 15.7. The van der Waals surface area contributed by atoms with Gasteiger partial charge in [-0.1, -0.05) is 5.16 Å². The summed E-state index contributed by atoms with van der Waals surface area (Å²) in [6.45, 7) is 5.53. The molecule has 0 saturated carbocycles. The number of sulfonamides is 1. The Morgan fingerprint density at radius 3 is 2.43 bits per heavy atom. The molecule has 1 N–H and O–H groups in total. The lowest BCUT2D eigenvalue weighted by Gasteiger charge is -2.33. The molecule has 2 aromatic carbocycles. The summed E-state index contributed by atoms with van der Waals surface area (Å²) >= 11 is 0. The van der Waals surface area contributed by atoms with Crippen LogP contribution in [0.5, 0.6) is 5.75 Å². The molecule has 2 heterocycles. The molecular formula is C24H26N4O6S. The third kappa shape index (κ3) is 4.64. The minimum absolute atomic E-state index is 0.0903. The number of amides is 2. The molecule has 0 spiro atoms. The smallest absolute Gasteiger partial charge is 0.268 e. The molecule has 0 bridgehead atoms. The molecule has 1 atom stereocenters. The number of nitrogens with one attached hydrogen (secondary N) is 1. The highest BCUT2D eigenvalue weighted by molar-refractivity contribution is 7.89. The number of carbonyl (C=O) groups excluding carboxylic acids is 2. The van der Waals surface area contributed by atoms with Gasteiger partial charge in [0.2, 0.25) is 10.0 Å². The van der Waals surface area contributed by atoms with Crippen LogP contribution in [0.2, 0.25) is 0 Å². The van der Waals surface area contributed by atoms with Gasteiger partial charge in [0.15, 0.2) is 6.10 Å². The third-order valence-electron chi connectivity index (χ3n) is 5.82. The lowest BCUT2D eigenvalue weighted by atomic mass is 10.1. The van der Waals surface area contributed by atoms with Crippen molar-refractivity contribution in [3.8, 4) is 5.75 Å². The van der Waals surface area contributed by atoms with Gasteiger partial charge in [0, 0.05) is 30.9 Å². The van der Waals surface area contributed by atoms with Crippen molar-refractivity contribution in [1.29, 1.82) is 0 Å². The van der Waals surface area contributed by atoms with Crippen molar-refractivity contribution >= 4 is 33.2 Å². The van der Waals surface area contributed by atoms with Gasteiger partial charge in [-0.2, -0.15) is 0 Å². The molecule has 3 aromatic rings. The predicted octanol–water partition coefficient (Wildman–Crippen LogP) is 3.11. The van der Waals surface area contributed by atoms with Crippen LogP contribution in [0.1, 0.15) is 34.3 Å². The summed E-state index contributed by atoms with van der Waals surface area (Å²) < 4.78 is 36.6. The second-order valence-electron chi connectivity index (χ2n) is 8.44. The molecule has 35 heavy (non-hydrogen) atoms. The highest BCUT2D eigenvalue weighted by atomic mass is 32.2. The number of aromatic nitrogens is 1. The van der Waals surface area contributed by atoms with E-state index in [9.17, 15) is 18.0 Å². The van der Waals surface area contributed by atoms with Gasteiger partial charge in [0.25, 0.3) is 11.8 Å². The Morgan fingerprint density at radius 1 is 1.14 bits per heavy atom. The first-order valence-electron chi connectivity index (χ1n) is 10.9. The van der Waals surface area contributed by atoms with E-state index in [1.807, 2.05) is 6.92 Å². The summed E-state index contributed by atoms with van der Waals surface area (Å²) in [6.07, 6.45) is -0.666. The highest BCUT2D eigenvalue weighted by Crippen LogP contribution is 2.38. The van der Waals surface area contributed by atoms with Crippen LogP contribution in [-0.2, 0) is 21.4 Å². The number of ether oxygens (including phenoxy) is 1. The van der Waals surface area contributed by atoms with E-state index in [0.29, 0.717) is 28.6 Å². The maximum absolute atomic E-state index is 13.0. The number of rotatable bonds is 6. The molecule has 1 aliphatic heterocycles. The van der Waals surface area contributed by atoms with E-state index in [2.05, 4.69) is 10.5 Å². The van der Waals surface area contributed by atoms with Crippen LogP contribution >= 0.6 is 0 Å². The number of benzene rings is 2. The molecule has 10 nitrogen and oxygen atoms in total. The van der Waals surface area contributed by atoms with E-state index in [0.717, 1.165) is 9.87 Å². The van der Waals surface area contributed by atoms with Gasteiger partial charge in [-0.05, 0) is 63.2 Å². The Bertz CT molecular complexity index is 1380. The fourth-order valence-electron chi connectivity index (χ4n) is 3.73. The topological polar surface area (TPSA) is 122 Å². The maximum atomic E-state index is 13.0. The van der Waals surface area contributed by atoms with Gasteiger partial charge in [0.05, 0.1) is 22.8 Å². The molecule has 0 radical (unpaired) electrons. The number of hydrogen-bond donors (Lipinski definition) is 1. The standard InChI is InChI=1S/C24H26N4O6S/c1-14-20(15(2)34-26-14)13-28-21-12-18(8-11-22(21)33-16(3)24(28)30)25-23(29)17-6-9-19(10-7-17)35(31,32)27(4)5/h6-12,16H,13H2,1-5H3,(H,25,29). The Kier molecular flexibility index (Phi) is 6.39. The van der Waals surface area contributed by atoms with E-state index >= 15 is 0 Å². The van der Waals surface area contributed by atoms with Crippen LogP contribution in [0.15, 0.2) is 51.9 Å². The summed E-state index contributed by atoms with van der Waals surface area (Å²) in [7, 11) is -0.712. The van der Waals surface area contributed by atoms with Gasteiger partial charge < -0.3 is 19.5 Å². The van der Waals surface area contributed by atoms with E-state index in [1.54, 1.807) is 36.9 Å². The van der Waals surface area contributed by atoms with Crippen molar-refractivity contribution < 1.29 is 27.3 Å². The molecule has 1 aliphatic rings. The second-order valence-corrected chi connectivity index (χ2v) is 10.6. The quantitative estimate of drug-likeness (QED) is 0.554. The lowest BCUT2D eigenvalue weighted by molar-refractivity contribution is -0.125. The minimum atomic E-state index is -3.59. The Balaban J connectivity index is 1.59. The van der Waals surface area contributed by atoms with E-state index in [1.165, 1.54) is 38.4 Å². The maximum Gasteiger partial charge on any atom is 0.268 e. The first kappa shape index (κ1) is 24.4. The molecule has 1 aromatic heterocycles. The van der Waals surface area contributed by atoms with Crippen molar-refractivity contribution in [1.82, 2.24) is 9.46 Å². The average molecular weight is 499 g/mol. The number of anilines is 2. The van der Waals surface area contributed by atoms with E-state index < -0.39 is 22.0 Å². The largest absolute Gasteiger partial charge is 0.479 e. The fourth-order valence-corrected chi connectivity index (χ4v) is 4.63. The monoisotopic (exact) mass is 498 g/mol. The average Bonchev–Trinajstić information content (AvgIpc) is 3.14. The molecule has 184 valence electrons. The first-order chi connectivity index (χ1) is 16.5. The molecule has 0 fully saturated rings. The molecule has 2 amide bonds. The third-order valence-corrected chi connectivity index (χ3v) is 7.65. The van der Waals surface area contributed by atoms with E-state index in [4.69, 9.17) is 9.26 Å². The van der Waals surface area contributed by atoms with Gasteiger partial charge in [-0.15, -0.1) is 0 Å². The summed E-state index contributed by atoms with van der Waals surface area (Å²) in [5.74, 6) is 0.492. The first-order valence-corrected chi connectivity index (χ1v) is 12.3. The number of aryl methyl sites for hydroxylation is 2. The Morgan fingerprint density at radius 2 is 1.83 bits per heavy atom. The van der Waals surface area contributed by atoms with Crippen LogP contribution in [0, 0.1) is 13.8 Å². The van der Waals surface area contributed by atoms with Crippen molar-refractivity contribution in [2.45, 2.75) is 38.3 Å². The minimum Gasteiger partial charge on any atom is -0.479 e. The number of carbonyl (C=O) groups is 2. The Hall–Kier alpha value is -3.70. The molecule has 0 aliphatic carbocycles. The number of nitrogens with zero attached hydrogens (tertiary/aromatic N) is 3. The molecule has 4 rings (SSSR count). The molecule has 11 heteroatoms. The highest BCUT2D eigenvalue weighted by Gasteiger charge is 2.33. The fraction of sp³-hybridized carbons (Fsp3) is 0.292. The summed E-state index contributed by atoms with van der Waals surface area (Å²) in [4.78, 5) is 27.5. The molecule has 1 unspecified atom stereocenters. The lowest BCUT2D eigenvalue weighted by Crippen LogP contribution is -2.44. The van der Waals surface area contributed by atoms with Crippen molar-refractivity contribution in [3.05, 3.63) is 65.0 Å². The Labute approximate surface area is 203 Å². The number of fused-ring (bicyclic) bond motifs is 1.